The lowest BCUT2D eigenvalue weighted by Crippen LogP contribution is -2.29. The molecule has 2 aliphatic rings. The summed E-state index contributed by atoms with van der Waals surface area (Å²) in [5.41, 5.74) is 3.73. The van der Waals surface area contributed by atoms with Crippen LogP contribution in [0, 0.1) is 6.92 Å². The van der Waals surface area contributed by atoms with Crippen molar-refractivity contribution in [1.29, 1.82) is 0 Å². The lowest BCUT2D eigenvalue weighted by atomic mass is 9.94. The van der Waals surface area contributed by atoms with Gasteiger partial charge in [-0.3, -0.25) is 14.5 Å². The average Bonchev–Trinajstić information content (AvgIpc) is 3.60. The van der Waals surface area contributed by atoms with E-state index in [0.717, 1.165) is 27.1 Å². The van der Waals surface area contributed by atoms with Gasteiger partial charge in [-0.1, -0.05) is 23.5 Å². The van der Waals surface area contributed by atoms with Crippen molar-refractivity contribution in [3.05, 3.63) is 82.4 Å². The van der Waals surface area contributed by atoms with Crippen LogP contribution in [0.5, 0.6) is 17.2 Å². The second-order valence-electron chi connectivity index (χ2n) is 9.94. The van der Waals surface area contributed by atoms with Gasteiger partial charge in [-0.05, 0) is 79.9 Å². The van der Waals surface area contributed by atoms with Crippen molar-refractivity contribution in [2.75, 3.05) is 18.6 Å². The number of aromatic nitrogens is 1. The minimum Gasteiger partial charge on any atom is -0.507 e. The van der Waals surface area contributed by atoms with Gasteiger partial charge in [0.25, 0.3) is 5.78 Å². The Morgan fingerprint density at radius 2 is 1.95 bits per heavy atom. The number of hydrogen-bond acceptors (Lipinski definition) is 8. The van der Waals surface area contributed by atoms with Gasteiger partial charge in [-0.15, -0.1) is 0 Å². The van der Waals surface area contributed by atoms with Gasteiger partial charge in [0, 0.05) is 12.0 Å². The summed E-state index contributed by atoms with van der Waals surface area (Å²) in [7, 11) is 1.53. The predicted octanol–water partition coefficient (Wildman–Crippen LogP) is 5.96. The van der Waals surface area contributed by atoms with Gasteiger partial charge in [0.1, 0.15) is 17.6 Å². The fraction of sp³-hybridized carbons (Fsp3) is 0.258. The highest BCUT2D eigenvalue weighted by Crippen LogP contribution is 2.46. The molecule has 9 heteroatoms. The number of aryl methyl sites for hydroxylation is 1. The van der Waals surface area contributed by atoms with Crippen molar-refractivity contribution in [3.8, 4) is 17.2 Å². The molecule has 6 rings (SSSR count). The topological polar surface area (TPSA) is 98.2 Å². The molecule has 0 saturated carbocycles. The maximum absolute atomic E-state index is 13.7. The number of fused-ring (bicyclic) bond motifs is 2. The van der Waals surface area contributed by atoms with Crippen LogP contribution in [-0.2, 0) is 16.0 Å². The maximum atomic E-state index is 13.7. The van der Waals surface area contributed by atoms with E-state index in [4.69, 9.17) is 19.2 Å². The summed E-state index contributed by atoms with van der Waals surface area (Å²) >= 11 is 1.33. The summed E-state index contributed by atoms with van der Waals surface area (Å²) < 4.78 is 18.0. The number of methoxy groups -OCH3 is 1. The molecule has 1 amide bonds. The second kappa shape index (κ2) is 9.98. The van der Waals surface area contributed by atoms with Gasteiger partial charge in [-0.25, -0.2) is 4.98 Å². The van der Waals surface area contributed by atoms with Crippen molar-refractivity contribution in [2.45, 2.75) is 39.3 Å². The quantitative estimate of drug-likeness (QED) is 0.178. The number of nitrogens with zero attached hydrogens (tertiary/aromatic N) is 2. The van der Waals surface area contributed by atoms with Crippen LogP contribution >= 0.6 is 11.3 Å². The van der Waals surface area contributed by atoms with Crippen LogP contribution in [0.3, 0.4) is 0 Å². The van der Waals surface area contributed by atoms with Crippen LogP contribution in [0.4, 0.5) is 5.13 Å². The first kappa shape index (κ1) is 25.9. The first-order chi connectivity index (χ1) is 19.3. The molecule has 0 aliphatic carbocycles. The van der Waals surface area contributed by atoms with E-state index < -0.39 is 17.7 Å². The number of hydrogen-bond donors (Lipinski definition) is 1. The van der Waals surface area contributed by atoms with E-state index in [1.54, 1.807) is 30.3 Å². The van der Waals surface area contributed by atoms with Crippen LogP contribution in [0.2, 0.25) is 0 Å². The molecule has 2 atom stereocenters. The normalized spacial score (nSPS) is 19.6. The number of ketones is 1. The van der Waals surface area contributed by atoms with E-state index in [0.29, 0.717) is 40.8 Å². The number of amides is 1. The molecule has 3 aromatic carbocycles. The molecule has 40 heavy (non-hydrogen) atoms. The molecular weight excluding hydrogens is 528 g/mol. The Morgan fingerprint density at radius 1 is 1.12 bits per heavy atom. The van der Waals surface area contributed by atoms with Crippen molar-refractivity contribution in [3.63, 3.8) is 0 Å². The third kappa shape index (κ3) is 4.26. The van der Waals surface area contributed by atoms with Crippen molar-refractivity contribution in [1.82, 2.24) is 4.98 Å². The molecule has 1 aromatic heterocycles. The summed E-state index contributed by atoms with van der Waals surface area (Å²) in [6.45, 7) is 6.28. The zero-order chi connectivity index (χ0) is 28.1. The van der Waals surface area contributed by atoms with E-state index in [9.17, 15) is 14.7 Å². The molecule has 0 spiro atoms. The second-order valence-corrected chi connectivity index (χ2v) is 10.9. The Kier molecular flexibility index (Phi) is 6.46. The number of anilines is 1. The monoisotopic (exact) mass is 556 g/mol. The Balaban J connectivity index is 1.55. The number of carbonyl (C=O) groups excluding carboxylic acids is 2. The highest BCUT2D eigenvalue weighted by Gasteiger charge is 2.48. The van der Waals surface area contributed by atoms with E-state index in [2.05, 4.69) is 0 Å². The summed E-state index contributed by atoms with van der Waals surface area (Å²) in [6.07, 6.45) is 0.715. The number of Topliss-reactive ketones (excluding diaryl/α,β-unsaturated/α-hetero) is 1. The third-order valence-corrected chi connectivity index (χ3v) is 8.17. The average molecular weight is 557 g/mol. The highest BCUT2D eigenvalue weighted by molar-refractivity contribution is 7.22. The van der Waals surface area contributed by atoms with Crippen molar-refractivity contribution >= 4 is 44.1 Å². The summed E-state index contributed by atoms with van der Waals surface area (Å²) in [6, 6.07) is 15.5. The molecular formula is C31H28N2O6S. The van der Waals surface area contributed by atoms with Crippen LogP contribution in [0.1, 0.15) is 42.1 Å². The number of aliphatic hydroxyl groups is 1. The summed E-state index contributed by atoms with van der Waals surface area (Å²) in [5.74, 6) is -0.0493. The van der Waals surface area contributed by atoms with Gasteiger partial charge >= 0.3 is 5.91 Å². The minimum absolute atomic E-state index is 0.0152. The van der Waals surface area contributed by atoms with E-state index in [1.165, 1.54) is 23.3 Å². The van der Waals surface area contributed by atoms with Crippen molar-refractivity contribution < 1.29 is 28.9 Å². The first-order valence-electron chi connectivity index (χ1n) is 13.1. The number of thiazole rings is 1. The Morgan fingerprint density at radius 3 is 2.73 bits per heavy atom. The van der Waals surface area contributed by atoms with Crippen LogP contribution < -0.4 is 19.1 Å². The van der Waals surface area contributed by atoms with Gasteiger partial charge in [0.2, 0.25) is 0 Å². The number of aliphatic hydroxyl groups excluding tert-OH is 1. The third-order valence-electron chi connectivity index (χ3n) is 7.16. The smallest absolute Gasteiger partial charge is 0.301 e. The first-order valence-corrected chi connectivity index (χ1v) is 13.9. The molecule has 0 unspecified atom stereocenters. The lowest BCUT2D eigenvalue weighted by molar-refractivity contribution is -0.132. The van der Waals surface area contributed by atoms with Gasteiger partial charge in [-0.2, -0.15) is 0 Å². The van der Waals surface area contributed by atoms with Crippen LogP contribution in [-0.4, -0.2) is 41.6 Å². The van der Waals surface area contributed by atoms with Crippen LogP contribution in [0.15, 0.2) is 60.2 Å². The fourth-order valence-electron chi connectivity index (χ4n) is 5.32. The molecule has 2 aliphatic heterocycles. The number of ether oxygens (including phenoxy) is 3. The standard InChI is InChI=1S/C31H28N2O6S/c1-5-38-23-11-7-18(15-24(23)37-4)27-26(28(34)19-8-10-22-20(14-19)13-17(3)39-22)29(35)30(36)33(27)31-32-21-9-6-16(2)12-25(21)40-31/h6-12,14-15,17,27,34H,5,13H2,1-4H3/t17-,27+/m1/s1. The molecule has 8 nitrogen and oxygen atoms in total. The van der Waals surface area contributed by atoms with Gasteiger partial charge < -0.3 is 19.3 Å². The minimum atomic E-state index is -0.935. The number of benzene rings is 3. The van der Waals surface area contributed by atoms with Gasteiger partial charge in [0.15, 0.2) is 16.6 Å². The fourth-order valence-corrected chi connectivity index (χ4v) is 6.41. The van der Waals surface area contributed by atoms with E-state index in [-0.39, 0.29) is 17.4 Å². The summed E-state index contributed by atoms with van der Waals surface area (Å²) in [4.78, 5) is 33.4. The SMILES string of the molecule is CCOc1ccc([C@H]2C(=C(O)c3ccc4c(c3)C[C@@H](C)O4)C(=O)C(=O)N2c2nc3ccc(C)cc3s2)cc1OC. The van der Waals surface area contributed by atoms with E-state index in [1.807, 2.05) is 45.0 Å². The zero-order valence-corrected chi connectivity index (χ0v) is 23.4. The molecule has 1 N–H and O–H groups in total. The number of rotatable bonds is 6. The molecule has 1 saturated heterocycles. The molecule has 4 aromatic rings. The Bertz CT molecular complexity index is 1710. The van der Waals surface area contributed by atoms with E-state index >= 15 is 0 Å². The Hall–Kier alpha value is -4.37. The van der Waals surface area contributed by atoms with Crippen molar-refractivity contribution in [2.24, 2.45) is 0 Å². The Labute approximate surface area is 235 Å². The van der Waals surface area contributed by atoms with Crippen LogP contribution in [0.25, 0.3) is 16.0 Å². The molecule has 204 valence electrons. The maximum Gasteiger partial charge on any atom is 0.301 e. The largest absolute Gasteiger partial charge is 0.507 e. The highest BCUT2D eigenvalue weighted by atomic mass is 32.1. The summed E-state index contributed by atoms with van der Waals surface area (Å²) in [5, 5.41) is 12.0. The molecule has 0 radical (unpaired) electrons. The molecule has 0 bridgehead atoms. The van der Waals surface area contributed by atoms with Gasteiger partial charge in [0.05, 0.1) is 35.5 Å². The predicted molar refractivity (Wildman–Crippen MR) is 154 cm³/mol. The molecule has 3 heterocycles. The lowest BCUT2D eigenvalue weighted by Gasteiger charge is -2.24. The zero-order valence-electron chi connectivity index (χ0n) is 22.6. The number of carbonyl (C=O) groups is 2. The molecule has 1 fully saturated rings.